The number of benzene rings is 2. The number of carbonyl (C=O) groups excluding carboxylic acids is 2. The molecule has 0 spiro atoms. The predicted molar refractivity (Wildman–Crippen MR) is 110 cm³/mol. The molecular formula is C21H18ClNO3S. The van der Waals surface area contributed by atoms with Crippen molar-refractivity contribution in [3.63, 3.8) is 0 Å². The van der Waals surface area contributed by atoms with Crippen LogP contribution in [0.4, 0.5) is 5.00 Å². The van der Waals surface area contributed by atoms with Crippen LogP contribution < -0.4 is 5.32 Å². The highest BCUT2D eigenvalue weighted by Crippen LogP contribution is 2.36. The smallest absolute Gasteiger partial charge is 0.341 e. The lowest BCUT2D eigenvalue weighted by Gasteiger charge is -2.09. The number of ether oxygens (including phenoxy) is 1. The second kappa shape index (κ2) is 8.37. The molecule has 0 radical (unpaired) electrons. The van der Waals surface area contributed by atoms with Crippen molar-refractivity contribution in [2.24, 2.45) is 0 Å². The van der Waals surface area contributed by atoms with Gasteiger partial charge in [-0.05, 0) is 29.7 Å². The summed E-state index contributed by atoms with van der Waals surface area (Å²) < 4.78 is 4.94. The molecule has 27 heavy (non-hydrogen) atoms. The Bertz CT molecular complexity index is 979. The Morgan fingerprint density at radius 2 is 1.81 bits per heavy atom. The number of aryl methyl sites for hydroxylation is 1. The fourth-order valence-corrected chi connectivity index (χ4v) is 3.88. The maximum Gasteiger partial charge on any atom is 0.341 e. The average molecular weight is 400 g/mol. The van der Waals surface area contributed by atoms with Crippen LogP contribution in [-0.2, 0) is 11.2 Å². The van der Waals surface area contributed by atoms with Gasteiger partial charge in [-0.2, -0.15) is 0 Å². The number of rotatable bonds is 5. The topological polar surface area (TPSA) is 55.4 Å². The zero-order chi connectivity index (χ0) is 19.4. The molecule has 0 aliphatic carbocycles. The van der Waals surface area contributed by atoms with Crippen LogP contribution in [0.15, 0.2) is 53.9 Å². The number of amides is 1. The Morgan fingerprint density at radius 1 is 1.11 bits per heavy atom. The lowest BCUT2D eigenvalue weighted by Crippen LogP contribution is -2.14. The number of nitrogens with one attached hydrogen (secondary N) is 1. The van der Waals surface area contributed by atoms with Crippen molar-refractivity contribution >= 4 is 39.8 Å². The monoisotopic (exact) mass is 399 g/mol. The number of carbonyl (C=O) groups is 2. The maximum atomic E-state index is 12.6. The minimum Gasteiger partial charge on any atom is -0.465 e. The van der Waals surface area contributed by atoms with E-state index >= 15 is 0 Å². The van der Waals surface area contributed by atoms with Gasteiger partial charge < -0.3 is 10.1 Å². The Balaban J connectivity index is 1.98. The molecular weight excluding hydrogens is 382 g/mol. The third-order valence-corrected chi connectivity index (χ3v) is 5.42. The largest absolute Gasteiger partial charge is 0.465 e. The first-order valence-corrected chi connectivity index (χ1v) is 9.66. The minimum absolute atomic E-state index is 0.340. The Hall–Kier alpha value is -2.63. The van der Waals surface area contributed by atoms with Crippen molar-refractivity contribution in [2.45, 2.75) is 13.3 Å². The molecule has 2 aromatic carbocycles. The molecule has 0 atom stereocenters. The first kappa shape index (κ1) is 19.1. The summed E-state index contributed by atoms with van der Waals surface area (Å²) in [6.07, 6.45) is 0.937. The molecule has 0 aliphatic rings. The number of esters is 1. The first-order chi connectivity index (χ1) is 13.0. The van der Waals surface area contributed by atoms with Crippen LogP contribution >= 0.6 is 22.9 Å². The number of anilines is 1. The van der Waals surface area contributed by atoms with Gasteiger partial charge in [0.15, 0.2) is 0 Å². The SMILES string of the molecule is CCc1ccc(-c2csc(NC(=O)c3ccccc3Cl)c2C(=O)OC)cc1. The minimum atomic E-state index is -0.500. The van der Waals surface area contributed by atoms with Crippen LogP contribution in [0.3, 0.4) is 0 Å². The van der Waals surface area contributed by atoms with E-state index in [4.69, 9.17) is 16.3 Å². The molecule has 0 saturated carbocycles. The summed E-state index contributed by atoms with van der Waals surface area (Å²) in [6, 6.07) is 14.7. The van der Waals surface area contributed by atoms with Gasteiger partial charge in [0.1, 0.15) is 10.6 Å². The van der Waals surface area contributed by atoms with E-state index in [9.17, 15) is 9.59 Å². The Labute approximate surface area is 166 Å². The lowest BCUT2D eigenvalue weighted by molar-refractivity contribution is 0.0603. The van der Waals surface area contributed by atoms with Gasteiger partial charge in [0, 0.05) is 10.9 Å². The van der Waals surface area contributed by atoms with Crippen LogP contribution in [0, 0.1) is 0 Å². The van der Waals surface area contributed by atoms with E-state index in [2.05, 4.69) is 12.2 Å². The van der Waals surface area contributed by atoms with E-state index in [-0.39, 0.29) is 5.91 Å². The van der Waals surface area contributed by atoms with Gasteiger partial charge in [-0.25, -0.2) is 4.79 Å². The molecule has 3 aromatic rings. The molecule has 0 aliphatic heterocycles. The first-order valence-electron chi connectivity index (χ1n) is 8.40. The van der Waals surface area contributed by atoms with Crippen LogP contribution in [0.25, 0.3) is 11.1 Å². The van der Waals surface area contributed by atoms with Gasteiger partial charge in [-0.1, -0.05) is 54.9 Å². The number of thiophene rings is 1. The second-order valence-electron chi connectivity index (χ2n) is 5.83. The van der Waals surface area contributed by atoms with E-state index in [0.717, 1.165) is 17.5 Å². The van der Waals surface area contributed by atoms with E-state index in [1.807, 2.05) is 29.6 Å². The maximum absolute atomic E-state index is 12.6. The third-order valence-electron chi connectivity index (χ3n) is 4.20. The van der Waals surface area contributed by atoms with E-state index in [1.54, 1.807) is 24.3 Å². The van der Waals surface area contributed by atoms with Gasteiger partial charge in [0.05, 0.1) is 17.7 Å². The zero-order valence-corrected chi connectivity index (χ0v) is 16.5. The van der Waals surface area contributed by atoms with Crippen LogP contribution in [0.5, 0.6) is 0 Å². The average Bonchev–Trinajstić information content (AvgIpc) is 3.11. The summed E-state index contributed by atoms with van der Waals surface area (Å²) in [7, 11) is 1.32. The highest BCUT2D eigenvalue weighted by atomic mass is 35.5. The van der Waals surface area contributed by atoms with Gasteiger partial charge in [0.2, 0.25) is 0 Å². The Morgan fingerprint density at radius 3 is 2.44 bits per heavy atom. The summed E-state index contributed by atoms with van der Waals surface area (Å²) in [5.74, 6) is -0.874. The van der Waals surface area contributed by atoms with E-state index in [0.29, 0.717) is 21.2 Å². The molecule has 6 heteroatoms. The molecule has 0 saturated heterocycles. The van der Waals surface area contributed by atoms with Gasteiger partial charge in [-0.15, -0.1) is 11.3 Å². The highest BCUT2D eigenvalue weighted by molar-refractivity contribution is 7.15. The summed E-state index contributed by atoms with van der Waals surface area (Å²) in [6.45, 7) is 2.09. The summed E-state index contributed by atoms with van der Waals surface area (Å²) in [4.78, 5) is 25.0. The molecule has 1 heterocycles. The molecule has 4 nitrogen and oxygen atoms in total. The fraction of sp³-hybridized carbons (Fsp3) is 0.143. The number of hydrogen-bond donors (Lipinski definition) is 1. The quantitative estimate of drug-likeness (QED) is 0.562. The van der Waals surface area contributed by atoms with Gasteiger partial charge in [-0.3, -0.25) is 4.79 Å². The van der Waals surface area contributed by atoms with E-state index in [1.165, 1.54) is 24.0 Å². The van der Waals surface area contributed by atoms with Gasteiger partial charge >= 0.3 is 5.97 Å². The van der Waals surface area contributed by atoms with Crippen molar-refractivity contribution in [1.82, 2.24) is 0 Å². The van der Waals surface area contributed by atoms with Crippen LogP contribution in [0.1, 0.15) is 33.2 Å². The molecule has 3 rings (SSSR count). The third kappa shape index (κ3) is 4.04. The number of methoxy groups -OCH3 is 1. The molecule has 0 bridgehead atoms. The standard InChI is InChI=1S/C21H18ClNO3S/c1-3-13-8-10-14(11-9-13)16-12-27-20(18(16)21(25)26-2)23-19(24)15-6-4-5-7-17(15)22/h4-12H,3H2,1-2H3,(H,23,24). The van der Waals surface area contributed by atoms with Crippen molar-refractivity contribution in [2.75, 3.05) is 12.4 Å². The second-order valence-corrected chi connectivity index (χ2v) is 7.12. The molecule has 1 amide bonds. The summed E-state index contributed by atoms with van der Waals surface area (Å²) in [5, 5.41) is 5.41. The summed E-state index contributed by atoms with van der Waals surface area (Å²) >= 11 is 7.37. The molecule has 0 unspecified atom stereocenters. The predicted octanol–water partition coefficient (Wildman–Crippen LogP) is 5.67. The number of halogens is 1. The molecule has 1 N–H and O–H groups in total. The van der Waals surface area contributed by atoms with E-state index < -0.39 is 5.97 Å². The van der Waals surface area contributed by atoms with Crippen LogP contribution in [-0.4, -0.2) is 19.0 Å². The van der Waals surface area contributed by atoms with Crippen LogP contribution in [0.2, 0.25) is 5.02 Å². The fourth-order valence-electron chi connectivity index (χ4n) is 2.70. The molecule has 1 aromatic heterocycles. The Kier molecular flexibility index (Phi) is 5.94. The normalized spacial score (nSPS) is 10.5. The number of hydrogen-bond acceptors (Lipinski definition) is 4. The molecule has 138 valence electrons. The van der Waals surface area contributed by atoms with Crippen molar-refractivity contribution < 1.29 is 14.3 Å². The highest BCUT2D eigenvalue weighted by Gasteiger charge is 2.23. The molecule has 0 fully saturated rings. The van der Waals surface area contributed by atoms with Gasteiger partial charge in [0.25, 0.3) is 5.91 Å². The summed E-state index contributed by atoms with van der Waals surface area (Å²) in [5.41, 5.74) is 3.51. The van der Waals surface area contributed by atoms with Crippen molar-refractivity contribution in [3.05, 3.63) is 75.6 Å². The van der Waals surface area contributed by atoms with Crippen molar-refractivity contribution in [3.8, 4) is 11.1 Å². The van der Waals surface area contributed by atoms with Crippen molar-refractivity contribution in [1.29, 1.82) is 0 Å². The lowest BCUT2D eigenvalue weighted by atomic mass is 10.0. The zero-order valence-electron chi connectivity index (χ0n) is 14.9.